The minimum atomic E-state index is -0.175. The molecule has 1 aliphatic rings. The summed E-state index contributed by atoms with van der Waals surface area (Å²) in [6, 6.07) is 8.42. The summed E-state index contributed by atoms with van der Waals surface area (Å²) in [6.45, 7) is 8.56. The molecular formula is C16H22N4O. The molecule has 1 aromatic heterocycles. The third kappa shape index (κ3) is 2.93. The zero-order valence-electron chi connectivity index (χ0n) is 13.0. The number of nitrogens with one attached hydrogen (secondary N) is 1. The Bertz CT molecular complexity index is 602. The summed E-state index contributed by atoms with van der Waals surface area (Å²) in [6.07, 6.45) is 4.34. The zero-order chi connectivity index (χ0) is 15.1. The van der Waals surface area contributed by atoms with Gasteiger partial charge in [-0.2, -0.15) is 15.0 Å². The van der Waals surface area contributed by atoms with Crippen molar-refractivity contribution in [2.24, 2.45) is 0 Å². The molecule has 0 saturated carbocycles. The van der Waals surface area contributed by atoms with Gasteiger partial charge in [-0.1, -0.05) is 0 Å². The van der Waals surface area contributed by atoms with E-state index in [0.29, 0.717) is 6.04 Å². The molecule has 1 fully saturated rings. The molecule has 1 unspecified atom stereocenters. The number of ether oxygens (including phenoxy) is 1. The van der Waals surface area contributed by atoms with E-state index in [-0.39, 0.29) is 11.2 Å². The molecule has 1 atom stereocenters. The second-order valence-electron chi connectivity index (χ2n) is 6.73. The van der Waals surface area contributed by atoms with E-state index in [0.717, 1.165) is 17.8 Å². The lowest BCUT2D eigenvalue weighted by molar-refractivity contribution is -0.0662. The van der Waals surface area contributed by atoms with Gasteiger partial charge in [-0.05, 0) is 58.4 Å². The van der Waals surface area contributed by atoms with Crippen LogP contribution in [-0.2, 0) is 4.74 Å². The first kappa shape index (κ1) is 14.1. The first-order valence-electron chi connectivity index (χ1n) is 7.29. The molecule has 1 N–H and O–H groups in total. The Balaban J connectivity index is 1.74. The fourth-order valence-corrected chi connectivity index (χ4v) is 3.03. The maximum Gasteiger partial charge on any atom is 0.0858 e. The summed E-state index contributed by atoms with van der Waals surface area (Å²) in [7, 11) is 0. The largest absolute Gasteiger partial charge is 0.379 e. The molecule has 0 aliphatic carbocycles. The van der Waals surface area contributed by atoms with Crippen molar-refractivity contribution in [1.82, 2.24) is 15.0 Å². The molecule has 1 saturated heterocycles. The summed E-state index contributed by atoms with van der Waals surface area (Å²) in [4.78, 5) is 1.61. The number of nitrogens with zero attached hydrogens (tertiary/aromatic N) is 3. The molecule has 3 rings (SSSR count). The van der Waals surface area contributed by atoms with Gasteiger partial charge in [-0.15, -0.1) is 0 Å². The van der Waals surface area contributed by atoms with Crippen molar-refractivity contribution < 1.29 is 4.74 Å². The predicted molar refractivity (Wildman–Crippen MR) is 82.6 cm³/mol. The summed E-state index contributed by atoms with van der Waals surface area (Å²) in [5.41, 5.74) is 1.78. The zero-order valence-corrected chi connectivity index (χ0v) is 13.0. The highest BCUT2D eigenvalue weighted by molar-refractivity contribution is 5.49. The van der Waals surface area contributed by atoms with Crippen molar-refractivity contribution in [3.05, 3.63) is 36.7 Å². The van der Waals surface area contributed by atoms with E-state index in [4.69, 9.17) is 4.74 Å². The Kier molecular flexibility index (Phi) is 3.24. The van der Waals surface area contributed by atoms with Gasteiger partial charge in [0.25, 0.3) is 0 Å². The predicted octanol–water partition coefficient (Wildman–Crippen LogP) is 3.03. The van der Waals surface area contributed by atoms with E-state index in [1.165, 1.54) is 0 Å². The lowest BCUT2D eigenvalue weighted by Crippen LogP contribution is -2.38. The molecule has 21 heavy (non-hydrogen) atoms. The van der Waals surface area contributed by atoms with Gasteiger partial charge in [0.1, 0.15) is 0 Å². The number of rotatable bonds is 3. The Morgan fingerprint density at radius 1 is 1.10 bits per heavy atom. The average molecular weight is 286 g/mol. The molecule has 112 valence electrons. The van der Waals surface area contributed by atoms with E-state index in [1.54, 1.807) is 17.2 Å². The highest BCUT2D eigenvalue weighted by Gasteiger charge is 2.45. The van der Waals surface area contributed by atoms with Crippen molar-refractivity contribution >= 4 is 5.69 Å². The first-order chi connectivity index (χ1) is 9.86. The van der Waals surface area contributed by atoms with Crippen LogP contribution in [0.1, 0.15) is 34.1 Å². The lowest BCUT2D eigenvalue weighted by Gasteiger charge is -2.28. The van der Waals surface area contributed by atoms with Crippen molar-refractivity contribution in [2.45, 2.75) is 51.4 Å². The normalized spacial score (nSPS) is 23.1. The van der Waals surface area contributed by atoms with Gasteiger partial charge in [0, 0.05) is 5.69 Å². The van der Waals surface area contributed by atoms with Crippen LogP contribution in [0.2, 0.25) is 0 Å². The number of benzene rings is 1. The Morgan fingerprint density at radius 2 is 1.71 bits per heavy atom. The molecular weight excluding hydrogens is 264 g/mol. The monoisotopic (exact) mass is 286 g/mol. The molecule has 1 aliphatic heterocycles. The van der Waals surface area contributed by atoms with Crippen LogP contribution in [0.5, 0.6) is 0 Å². The van der Waals surface area contributed by atoms with Crippen molar-refractivity contribution in [3.63, 3.8) is 0 Å². The van der Waals surface area contributed by atoms with Gasteiger partial charge in [0.05, 0.1) is 35.3 Å². The van der Waals surface area contributed by atoms with Crippen LogP contribution in [0.25, 0.3) is 5.69 Å². The van der Waals surface area contributed by atoms with Gasteiger partial charge >= 0.3 is 0 Å². The summed E-state index contributed by atoms with van der Waals surface area (Å²) < 4.78 is 6.12. The molecule has 0 spiro atoms. The van der Waals surface area contributed by atoms with Gasteiger partial charge in [0.2, 0.25) is 0 Å². The minimum Gasteiger partial charge on any atom is -0.379 e. The molecule has 0 bridgehead atoms. The fourth-order valence-electron chi connectivity index (χ4n) is 3.03. The highest BCUT2D eigenvalue weighted by Crippen LogP contribution is 2.38. The molecule has 0 amide bonds. The van der Waals surface area contributed by atoms with Crippen LogP contribution < -0.4 is 5.32 Å². The first-order valence-corrected chi connectivity index (χ1v) is 7.29. The summed E-state index contributed by atoms with van der Waals surface area (Å²) in [5.74, 6) is 0. The maximum absolute atomic E-state index is 6.12. The molecule has 2 heterocycles. The number of hydrogen-bond acceptors (Lipinski definition) is 4. The minimum absolute atomic E-state index is 0.0832. The number of aromatic nitrogens is 3. The van der Waals surface area contributed by atoms with Crippen molar-refractivity contribution in [2.75, 3.05) is 5.32 Å². The van der Waals surface area contributed by atoms with Crippen LogP contribution in [0.15, 0.2) is 36.7 Å². The van der Waals surface area contributed by atoms with Crippen LogP contribution in [0.4, 0.5) is 5.69 Å². The van der Waals surface area contributed by atoms with Crippen molar-refractivity contribution in [1.29, 1.82) is 0 Å². The molecule has 2 aromatic rings. The Labute approximate surface area is 125 Å². The number of hydrogen-bond donors (Lipinski definition) is 1. The summed E-state index contributed by atoms with van der Waals surface area (Å²) in [5, 5.41) is 11.8. The molecule has 5 heteroatoms. The van der Waals surface area contributed by atoms with Crippen LogP contribution >= 0.6 is 0 Å². The van der Waals surface area contributed by atoms with Gasteiger partial charge in [-0.25, -0.2) is 0 Å². The van der Waals surface area contributed by atoms with E-state index in [9.17, 15) is 0 Å². The summed E-state index contributed by atoms with van der Waals surface area (Å²) >= 11 is 0. The SMILES string of the molecule is CC1(C)CC(Nc2ccc(-n3nccn3)cc2)C(C)(C)O1. The topological polar surface area (TPSA) is 52.0 Å². The van der Waals surface area contributed by atoms with Crippen molar-refractivity contribution in [3.8, 4) is 5.69 Å². The Morgan fingerprint density at radius 3 is 2.24 bits per heavy atom. The molecule has 0 radical (unpaired) electrons. The van der Waals surface area contributed by atoms with E-state index in [2.05, 4.69) is 55.3 Å². The quantitative estimate of drug-likeness (QED) is 0.942. The lowest BCUT2D eigenvalue weighted by atomic mass is 9.94. The second-order valence-corrected chi connectivity index (χ2v) is 6.73. The maximum atomic E-state index is 6.12. The third-order valence-corrected chi connectivity index (χ3v) is 3.93. The highest BCUT2D eigenvalue weighted by atomic mass is 16.5. The van der Waals surface area contributed by atoms with Gasteiger partial charge < -0.3 is 10.1 Å². The van der Waals surface area contributed by atoms with Gasteiger partial charge in [0.15, 0.2) is 0 Å². The van der Waals surface area contributed by atoms with Crippen LogP contribution in [0.3, 0.4) is 0 Å². The fraction of sp³-hybridized carbons (Fsp3) is 0.500. The molecule has 1 aromatic carbocycles. The van der Waals surface area contributed by atoms with E-state index in [1.807, 2.05) is 12.1 Å². The standard InChI is InChI=1S/C16H22N4O/c1-15(2)11-14(16(3,4)21-15)19-12-5-7-13(8-6-12)20-17-9-10-18-20/h5-10,14,19H,11H2,1-4H3. The van der Waals surface area contributed by atoms with Crippen LogP contribution in [0, 0.1) is 0 Å². The van der Waals surface area contributed by atoms with Crippen LogP contribution in [-0.4, -0.2) is 32.2 Å². The smallest absolute Gasteiger partial charge is 0.0858 e. The average Bonchev–Trinajstić information content (AvgIpc) is 2.97. The van der Waals surface area contributed by atoms with E-state index >= 15 is 0 Å². The van der Waals surface area contributed by atoms with E-state index < -0.39 is 0 Å². The molecule has 5 nitrogen and oxygen atoms in total. The number of anilines is 1. The third-order valence-electron chi connectivity index (χ3n) is 3.93. The Hall–Kier alpha value is -1.88. The van der Waals surface area contributed by atoms with Gasteiger partial charge in [-0.3, -0.25) is 0 Å². The second kappa shape index (κ2) is 4.84.